The lowest BCUT2D eigenvalue weighted by atomic mass is 9.99. The molecule has 5 heterocycles. The lowest BCUT2D eigenvalue weighted by molar-refractivity contribution is 1.31. The van der Waals surface area contributed by atoms with Crippen LogP contribution < -0.4 is 0 Å². The average Bonchev–Trinajstić information content (AvgIpc) is 4.03. The minimum Gasteiger partial charge on any atom is -0.354 e. The molecule has 0 unspecified atom stereocenters. The van der Waals surface area contributed by atoms with Crippen molar-refractivity contribution in [2.45, 2.75) is 0 Å². The number of nitrogens with zero attached hydrogens (tertiary/aromatic N) is 2. The third-order valence-corrected chi connectivity index (χ3v) is 9.71. The molecule has 0 spiro atoms. The molecule has 2 N–H and O–H groups in total. The first-order chi connectivity index (χ1) is 25.7. The molecule has 3 aromatic heterocycles. The van der Waals surface area contributed by atoms with Crippen molar-refractivity contribution in [2.24, 2.45) is 0 Å². The van der Waals surface area contributed by atoms with Crippen LogP contribution in [0.1, 0.15) is 28.3 Å². The highest BCUT2D eigenvalue weighted by atomic mass is 14.8. The number of hydrogen-bond donors (Lipinski definition) is 2. The van der Waals surface area contributed by atoms with Crippen molar-refractivity contribution in [1.29, 1.82) is 0 Å². The monoisotopic (exact) mass is 666 g/mol. The Balaban J connectivity index is 1.53. The maximum atomic E-state index is 5.42. The molecule has 4 heteroatoms. The van der Waals surface area contributed by atoms with E-state index in [-0.39, 0.29) is 0 Å². The molecule has 0 saturated carbocycles. The molecule has 2 aliphatic rings. The molecular formula is C48H34N4. The first kappa shape index (κ1) is 31.0. The first-order valence-corrected chi connectivity index (χ1v) is 17.4. The summed E-state index contributed by atoms with van der Waals surface area (Å²) in [4.78, 5) is 18.5. The topological polar surface area (TPSA) is 57.4 Å². The smallest absolute Gasteiger partial charge is 0.0737 e. The normalized spacial score (nSPS) is 11.8. The maximum absolute atomic E-state index is 5.42. The van der Waals surface area contributed by atoms with Gasteiger partial charge in [-0.25, -0.2) is 9.97 Å². The first-order valence-electron chi connectivity index (χ1n) is 17.4. The van der Waals surface area contributed by atoms with Crippen molar-refractivity contribution in [3.8, 4) is 44.5 Å². The van der Waals surface area contributed by atoms with E-state index in [4.69, 9.17) is 9.97 Å². The van der Waals surface area contributed by atoms with Gasteiger partial charge in [0.1, 0.15) is 0 Å². The van der Waals surface area contributed by atoms with Gasteiger partial charge in [-0.05, 0) is 70.3 Å². The molecule has 0 fully saturated rings. The highest BCUT2D eigenvalue weighted by molar-refractivity contribution is 6.03. The molecule has 52 heavy (non-hydrogen) atoms. The lowest BCUT2D eigenvalue weighted by Crippen LogP contribution is -1.90. The van der Waals surface area contributed by atoms with Crippen molar-refractivity contribution in [3.63, 3.8) is 0 Å². The molecular weight excluding hydrogens is 633 g/mol. The number of nitrogens with one attached hydrogen (secondary N) is 2. The Kier molecular flexibility index (Phi) is 7.75. The highest BCUT2D eigenvalue weighted by Crippen LogP contribution is 2.40. The van der Waals surface area contributed by atoms with Gasteiger partial charge in [-0.2, -0.15) is 0 Å². The van der Waals surface area contributed by atoms with Crippen LogP contribution in [0.3, 0.4) is 0 Å². The summed E-state index contributed by atoms with van der Waals surface area (Å²) < 4.78 is 0. The van der Waals surface area contributed by atoms with Gasteiger partial charge in [0.2, 0.25) is 0 Å². The summed E-state index contributed by atoms with van der Waals surface area (Å²) in [6.07, 6.45) is 10.3. The van der Waals surface area contributed by atoms with Gasteiger partial charge in [0.05, 0.1) is 28.3 Å². The predicted molar refractivity (Wildman–Crippen MR) is 220 cm³/mol. The fraction of sp³-hybridized carbons (Fsp3) is 0. The molecule has 0 aliphatic carbocycles. The van der Waals surface area contributed by atoms with Crippen LogP contribution in [0.25, 0.3) is 96.5 Å². The molecule has 4 nitrogen and oxygen atoms in total. The van der Waals surface area contributed by atoms with Crippen molar-refractivity contribution in [2.75, 3.05) is 0 Å². The number of fused-ring (bicyclic) bond motifs is 8. The van der Waals surface area contributed by atoms with Crippen molar-refractivity contribution >= 4 is 51.9 Å². The molecule has 0 amide bonds. The van der Waals surface area contributed by atoms with E-state index in [2.05, 4.69) is 163 Å². The molecule has 8 bridgehead atoms. The van der Waals surface area contributed by atoms with Crippen LogP contribution in [0.5, 0.6) is 0 Å². The second kappa shape index (κ2) is 13.0. The Labute approximate surface area is 302 Å². The quantitative estimate of drug-likeness (QED) is 0.174. The number of aromatic amines is 2. The number of rotatable bonds is 6. The second-order valence-corrected chi connectivity index (χ2v) is 12.9. The minimum atomic E-state index is 0.814. The molecule has 4 aromatic carbocycles. The van der Waals surface area contributed by atoms with E-state index in [0.29, 0.717) is 0 Å². The molecule has 246 valence electrons. The summed E-state index contributed by atoms with van der Waals surface area (Å²) in [5.74, 6) is 0. The second-order valence-electron chi connectivity index (χ2n) is 12.9. The zero-order valence-corrected chi connectivity index (χ0v) is 28.5. The summed E-state index contributed by atoms with van der Waals surface area (Å²) >= 11 is 0. The number of hydrogen-bond acceptors (Lipinski definition) is 2. The number of benzene rings is 4. The fourth-order valence-electron chi connectivity index (χ4n) is 7.28. The maximum Gasteiger partial charge on any atom is 0.0737 e. The van der Waals surface area contributed by atoms with Crippen LogP contribution in [-0.4, -0.2) is 19.9 Å². The summed E-state index contributed by atoms with van der Waals surface area (Å²) in [6, 6.07) is 48.3. The third-order valence-electron chi connectivity index (χ3n) is 9.71. The van der Waals surface area contributed by atoms with Gasteiger partial charge in [0, 0.05) is 44.4 Å². The third kappa shape index (κ3) is 5.44. The van der Waals surface area contributed by atoms with E-state index in [9.17, 15) is 0 Å². The van der Waals surface area contributed by atoms with E-state index in [0.717, 1.165) is 100 Å². The SMILES string of the molecule is C=CC(=C)c1cc2[nH]c1c(-c1ccccc1)c1nc(c(-c3ccccc3)c3ccc([nH]3)c(-c3ccccc3)c3nc(c2-c2ccccc2)C=C3)C=C1. The largest absolute Gasteiger partial charge is 0.354 e. The Morgan fingerprint density at radius 2 is 0.808 bits per heavy atom. The molecule has 0 radical (unpaired) electrons. The average molecular weight is 667 g/mol. The minimum absolute atomic E-state index is 0.814. The Hall–Kier alpha value is -7.04. The van der Waals surface area contributed by atoms with Gasteiger partial charge < -0.3 is 9.97 Å². The Morgan fingerprint density at radius 1 is 0.442 bits per heavy atom. The number of allylic oxidation sites excluding steroid dienone is 2. The van der Waals surface area contributed by atoms with Crippen LogP contribution >= 0.6 is 0 Å². The van der Waals surface area contributed by atoms with Gasteiger partial charge in [-0.3, -0.25) is 0 Å². The molecule has 0 saturated heterocycles. The van der Waals surface area contributed by atoms with Gasteiger partial charge >= 0.3 is 0 Å². The van der Waals surface area contributed by atoms with Gasteiger partial charge in [0.15, 0.2) is 0 Å². The van der Waals surface area contributed by atoms with Gasteiger partial charge in [-0.1, -0.05) is 141 Å². The van der Waals surface area contributed by atoms with Crippen LogP contribution in [0, 0.1) is 0 Å². The number of aromatic nitrogens is 4. The highest BCUT2D eigenvalue weighted by Gasteiger charge is 2.20. The van der Waals surface area contributed by atoms with E-state index in [1.165, 1.54) is 0 Å². The summed E-state index contributed by atoms with van der Waals surface area (Å²) in [6.45, 7) is 8.57. The van der Waals surface area contributed by atoms with Gasteiger partial charge in [0.25, 0.3) is 0 Å². The van der Waals surface area contributed by atoms with Gasteiger partial charge in [-0.15, -0.1) is 0 Å². The van der Waals surface area contributed by atoms with E-state index < -0.39 is 0 Å². The van der Waals surface area contributed by atoms with E-state index >= 15 is 0 Å². The molecule has 2 aliphatic heterocycles. The van der Waals surface area contributed by atoms with E-state index in [1.807, 2.05) is 30.3 Å². The summed E-state index contributed by atoms with van der Waals surface area (Å²) in [5.41, 5.74) is 17.3. The zero-order chi connectivity index (χ0) is 35.0. The van der Waals surface area contributed by atoms with Crippen LogP contribution in [0.2, 0.25) is 0 Å². The standard InChI is InChI=1S/C48H34N4/c1-3-31(2)36-30-43-46(34-20-12-6-13-21-34)41-27-26-39(50-41)44(32-16-8-4-9-17-32)37-24-25-38(49-37)45(33-18-10-5-11-19-33)40-28-29-42(51-40)47(48(36)52-43)35-22-14-7-15-23-35/h3-30,49,52H,1-2H2. The predicted octanol–water partition coefficient (Wildman–Crippen LogP) is 12.5. The fourth-order valence-corrected chi connectivity index (χ4v) is 7.28. The van der Waals surface area contributed by atoms with Crippen molar-refractivity contribution in [1.82, 2.24) is 19.9 Å². The lowest BCUT2D eigenvalue weighted by Gasteiger charge is -2.07. The van der Waals surface area contributed by atoms with Crippen LogP contribution in [-0.2, 0) is 0 Å². The molecule has 0 atom stereocenters. The van der Waals surface area contributed by atoms with Crippen LogP contribution in [0.4, 0.5) is 0 Å². The Morgan fingerprint density at radius 3 is 1.21 bits per heavy atom. The molecule has 9 rings (SSSR count). The summed E-state index contributed by atoms with van der Waals surface area (Å²) in [5, 5.41) is 0. The number of H-pyrrole nitrogens is 2. The zero-order valence-electron chi connectivity index (χ0n) is 28.5. The van der Waals surface area contributed by atoms with Crippen LogP contribution in [0.15, 0.2) is 159 Å². The van der Waals surface area contributed by atoms with Crippen molar-refractivity contribution in [3.05, 3.63) is 187 Å². The van der Waals surface area contributed by atoms with Crippen molar-refractivity contribution < 1.29 is 0 Å². The Bertz CT molecular complexity index is 2730. The summed E-state index contributed by atoms with van der Waals surface area (Å²) in [7, 11) is 0. The molecule has 7 aromatic rings. The van der Waals surface area contributed by atoms with E-state index in [1.54, 1.807) is 0 Å².